The second-order valence-electron chi connectivity index (χ2n) is 15.6. The van der Waals surface area contributed by atoms with Gasteiger partial charge in [-0.25, -0.2) is 0 Å². The molecule has 0 amide bonds. The van der Waals surface area contributed by atoms with E-state index in [1.807, 2.05) is 11.3 Å². The average molecular weight is 771 g/mol. The van der Waals surface area contributed by atoms with E-state index in [1.54, 1.807) is 0 Å². The van der Waals surface area contributed by atoms with Crippen molar-refractivity contribution in [2.45, 2.75) is 12.8 Å². The zero-order valence-electron chi connectivity index (χ0n) is 32.3. The average Bonchev–Trinajstić information content (AvgIpc) is 3.85. The Morgan fingerprint density at radius 1 is 0.441 bits per heavy atom. The molecule has 2 aromatic heterocycles. The van der Waals surface area contributed by atoms with E-state index in [2.05, 4.69) is 216 Å². The predicted molar refractivity (Wildman–Crippen MR) is 253 cm³/mol. The van der Waals surface area contributed by atoms with E-state index in [9.17, 15) is 0 Å². The lowest BCUT2D eigenvalue weighted by Crippen LogP contribution is -2.10. The number of nitrogens with zero attached hydrogens (tertiary/aromatic N) is 2. The molecular weight excluding hydrogens is 733 g/mol. The lowest BCUT2D eigenvalue weighted by atomic mass is 9.91. The summed E-state index contributed by atoms with van der Waals surface area (Å²) < 4.78 is 3.78. The van der Waals surface area contributed by atoms with Crippen LogP contribution in [-0.4, -0.2) is 4.57 Å². The molecule has 11 aromatic rings. The van der Waals surface area contributed by atoms with Gasteiger partial charge in [-0.1, -0.05) is 140 Å². The van der Waals surface area contributed by atoms with Crippen molar-refractivity contribution in [2.75, 3.05) is 4.90 Å². The topological polar surface area (TPSA) is 8.17 Å². The number of thiophene rings is 1. The van der Waals surface area contributed by atoms with Gasteiger partial charge in [-0.2, -0.15) is 0 Å². The van der Waals surface area contributed by atoms with Gasteiger partial charge in [0.25, 0.3) is 0 Å². The fraction of sp³-hybridized carbons (Fsp3) is 0.0357. The first-order chi connectivity index (χ1) is 29.2. The smallest absolute Gasteiger partial charge is 0.0541 e. The monoisotopic (exact) mass is 770 g/mol. The molecule has 3 heteroatoms. The molecule has 0 spiro atoms. The Kier molecular flexibility index (Phi) is 7.89. The Hall–Kier alpha value is -7.20. The van der Waals surface area contributed by atoms with Crippen molar-refractivity contribution >= 4 is 87.4 Å². The number of allylic oxidation sites excluding steroid dienone is 1. The molecule has 0 fully saturated rings. The Morgan fingerprint density at radius 2 is 1.08 bits per heavy atom. The highest BCUT2D eigenvalue weighted by Crippen LogP contribution is 2.44. The third-order valence-electron chi connectivity index (χ3n) is 12.3. The van der Waals surface area contributed by atoms with Gasteiger partial charge in [0.15, 0.2) is 0 Å². The van der Waals surface area contributed by atoms with E-state index < -0.39 is 0 Å². The maximum absolute atomic E-state index is 2.44. The second-order valence-corrected chi connectivity index (χ2v) is 16.7. The third-order valence-corrected chi connectivity index (χ3v) is 13.5. The van der Waals surface area contributed by atoms with Crippen LogP contribution in [0.5, 0.6) is 0 Å². The molecule has 0 radical (unpaired) electrons. The second kappa shape index (κ2) is 13.7. The molecule has 0 atom stereocenters. The molecule has 0 bridgehead atoms. The molecule has 2 heterocycles. The van der Waals surface area contributed by atoms with Gasteiger partial charge >= 0.3 is 0 Å². The summed E-state index contributed by atoms with van der Waals surface area (Å²) in [6.45, 7) is 0. The fourth-order valence-corrected chi connectivity index (χ4v) is 10.8. The van der Waals surface area contributed by atoms with Crippen LogP contribution in [0.15, 0.2) is 206 Å². The molecule has 9 aromatic carbocycles. The number of hydrogen-bond acceptors (Lipinski definition) is 2. The normalized spacial score (nSPS) is 12.7. The van der Waals surface area contributed by atoms with Gasteiger partial charge in [-0.05, 0) is 129 Å². The Balaban J connectivity index is 0.936. The first-order valence-corrected chi connectivity index (χ1v) is 21.3. The molecule has 0 unspecified atom stereocenters. The first kappa shape index (κ1) is 33.9. The molecule has 59 heavy (non-hydrogen) atoms. The summed E-state index contributed by atoms with van der Waals surface area (Å²) in [5, 5.41) is 8.87. The molecule has 1 aliphatic rings. The van der Waals surface area contributed by atoms with Gasteiger partial charge in [-0.3, -0.25) is 0 Å². The molecule has 0 saturated carbocycles. The van der Waals surface area contributed by atoms with Gasteiger partial charge in [0.2, 0.25) is 0 Å². The lowest BCUT2D eigenvalue weighted by molar-refractivity contribution is 0.998. The van der Waals surface area contributed by atoms with Crippen LogP contribution in [0.2, 0.25) is 0 Å². The van der Waals surface area contributed by atoms with Crippen LogP contribution in [0, 0.1) is 0 Å². The highest BCUT2D eigenvalue weighted by Gasteiger charge is 2.21. The summed E-state index contributed by atoms with van der Waals surface area (Å²) in [4.78, 5) is 3.83. The minimum Gasteiger partial charge on any atom is -0.310 e. The number of fused-ring (bicyclic) bond motifs is 8. The lowest BCUT2D eigenvalue weighted by Gasteiger charge is -2.27. The summed E-state index contributed by atoms with van der Waals surface area (Å²) in [7, 11) is 0. The Labute approximate surface area is 347 Å². The van der Waals surface area contributed by atoms with E-state index in [0.29, 0.717) is 0 Å². The molecule has 0 saturated heterocycles. The van der Waals surface area contributed by atoms with Crippen molar-refractivity contribution < 1.29 is 0 Å². The third kappa shape index (κ3) is 5.61. The highest BCUT2D eigenvalue weighted by molar-refractivity contribution is 7.20. The first-order valence-electron chi connectivity index (χ1n) is 20.5. The van der Waals surface area contributed by atoms with Gasteiger partial charge in [-0.15, -0.1) is 11.3 Å². The molecule has 2 nitrogen and oxygen atoms in total. The van der Waals surface area contributed by atoms with Crippen LogP contribution in [0.3, 0.4) is 0 Å². The van der Waals surface area contributed by atoms with Crippen LogP contribution in [0.4, 0.5) is 17.1 Å². The highest BCUT2D eigenvalue weighted by atomic mass is 32.1. The van der Waals surface area contributed by atoms with Crippen molar-refractivity contribution in [1.82, 2.24) is 4.57 Å². The molecular formula is C56H38N2S. The number of hydrogen-bond donors (Lipinski definition) is 0. The van der Waals surface area contributed by atoms with Crippen molar-refractivity contribution in [3.05, 3.63) is 222 Å². The van der Waals surface area contributed by atoms with Crippen LogP contribution in [0.25, 0.3) is 75.8 Å². The van der Waals surface area contributed by atoms with Gasteiger partial charge in [0.05, 0.1) is 16.7 Å². The maximum Gasteiger partial charge on any atom is 0.0541 e. The quantitative estimate of drug-likeness (QED) is 0.163. The molecule has 278 valence electrons. The predicted octanol–water partition coefficient (Wildman–Crippen LogP) is 15.8. The van der Waals surface area contributed by atoms with Gasteiger partial charge in [0.1, 0.15) is 0 Å². The number of benzene rings is 9. The molecule has 1 aliphatic carbocycles. The number of aryl methyl sites for hydroxylation is 1. The van der Waals surface area contributed by atoms with E-state index in [4.69, 9.17) is 0 Å². The van der Waals surface area contributed by atoms with E-state index in [0.717, 1.165) is 29.9 Å². The van der Waals surface area contributed by atoms with Gasteiger partial charge < -0.3 is 9.47 Å². The van der Waals surface area contributed by atoms with E-state index in [1.165, 1.54) is 91.8 Å². The van der Waals surface area contributed by atoms with Crippen molar-refractivity contribution in [2.24, 2.45) is 0 Å². The summed E-state index contributed by atoms with van der Waals surface area (Å²) in [6.07, 6.45) is 4.61. The molecule has 0 aliphatic heterocycles. The minimum absolute atomic E-state index is 1.07. The van der Waals surface area contributed by atoms with E-state index >= 15 is 0 Å². The van der Waals surface area contributed by atoms with Crippen molar-refractivity contribution in [3.63, 3.8) is 0 Å². The maximum atomic E-state index is 2.44. The zero-order valence-corrected chi connectivity index (χ0v) is 33.2. The summed E-state index contributed by atoms with van der Waals surface area (Å²) in [5.74, 6) is 0. The minimum atomic E-state index is 1.07. The Morgan fingerprint density at radius 3 is 1.92 bits per heavy atom. The van der Waals surface area contributed by atoms with Gasteiger partial charge in [0, 0.05) is 42.8 Å². The van der Waals surface area contributed by atoms with Crippen LogP contribution < -0.4 is 4.90 Å². The van der Waals surface area contributed by atoms with Crippen LogP contribution in [-0.2, 0) is 6.42 Å². The summed E-state index contributed by atoms with van der Waals surface area (Å²) in [6, 6.07) is 73.6. The fourth-order valence-electron chi connectivity index (χ4n) is 9.44. The zero-order chi connectivity index (χ0) is 38.9. The summed E-state index contributed by atoms with van der Waals surface area (Å²) in [5.41, 5.74) is 13.5. The number of aromatic nitrogens is 1. The Bertz CT molecular complexity index is 3430. The molecule has 12 rings (SSSR count). The molecule has 0 N–H and O–H groups in total. The van der Waals surface area contributed by atoms with Crippen LogP contribution >= 0.6 is 11.3 Å². The number of rotatable bonds is 6. The van der Waals surface area contributed by atoms with Crippen LogP contribution in [0.1, 0.15) is 22.4 Å². The van der Waals surface area contributed by atoms with Crippen molar-refractivity contribution in [3.8, 4) is 16.8 Å². The standard InChI is InChI=1S/C56H38N2S/c1-2-13-41-35-45(33-25-37(41)11-1)58-53-20-7-5-16-48(53)51-36-42(28-34-54(51)58)38-23-29-43(30-24-38)57(52-21-9-14-39-12-3-4-15-46(39)52)44-31-26-40(27-32-44)47-18-10-19-50-49-17-6-8-22-55(49)59-56(47)50/h1-9,11-18,20-36H,10,19H2. The van der Waals surface area contributed by atoms with Crippen molar-refractivity contribution in [1.29, 1.82) is 0 Å². The SMILES string of the molecule is C1=C(c2ccc(N(c3ccc(-c4ccc5c(c4)c4ccccc4n5-c4ccc5ccccc5c4)cc3)c3cccc4ccccc34)cc2)c2sc3ccccc3c2CC1. The summed E-state index contributed by atoms with van der Waals surface area (Å²) >= 11 is 1.93. The van der Waals surface area contributed by atoms with E-state index in [-0.39, 0.29) is 0 Å². The number of para-hydroxylation sites is 1. The number of anilines is 3. The largest absolute Gasteiger partial charge is 0.310 e.